The largest absolute Gasteiger partial charge is 0.481 e. The molecule has 0 spiro atoms. The van der Waals surface area contributed by atoms with Crippen molar-refractivity contribution in [1.82, 2.24) is 0 Å². The highest BCUT2D eigenvalue weighted by Gasteiger charge is 2.13. The molecule has 1 aromatic carbocycles. The molecule has 0 aliphatic heterocycles. The molecule has 0 fully saturated rings. The average Bonchev–Trinajstić information content (AvgIpc) is 2.17. The van der Waals surface area contributed by atoms with E-state index in [0.717, 1.165) is 17.8 Å². The summed E-state index contributed by atoms with van der Waals surface area (Å²) in [6.07, 6.45) is 1.49. The SMILES string of the molecule is CSc1c(F)ccc(CCC(=O)O)c1F. The van der Waals surface area contributed by atoms with Crippen molar-refractivity contribution in [1.29, 1.82) is 0 Å². The molecule has 1 rings (SSSR count). The standard InChI is InChI=1S/C10H10F2O2S/c1-15-10-7(11)4-2-6(9(10)12)3-5-8(13)14/h2,4H,3,5H2,1H3,(H,13,14). The van der Waals surface area contributed by atoms with E-state index >= 15 is 0 Å². The average molecular weight is 232 g/mol. The van der Waals surface area contributed by atoms with Crippen molar-refractivity contribution in [2.45, 2.75) is 17.7 Å². The van der Waals surface area contributed by atoms with Crippen molar-refractivity contribution in [2.24, 2.45) is 0 Å². The number of rotatable bonds is 4. The lowest BCUT2D eigenvalue weighted by Gasteiger charge is -2.06. The highest BCUT2D eigenvalue weighted by atomic mass is 32.2. The van der Waals surface area contributed by atoms with Crippen LogP contribution in [0.3, 0.4) is 0 Å². The van der Waals surface area contributed by atoms with Crippen LogP contribution in [0, 0.1) is 11.6 Å². The number of hydrogen-bond acceptors (Lipinski definition) is 2. The molecule has 1 aromatic rings. The molecular weight excluding hydrogens is 222 g/mol. The monoisotopic (exact) mass is 232 g/mol. The summed E-state index contributed by atoms with van der Waals surface area (Å²) in [5.41, 5.74) is 0.239. The fraction of sp³-hybridized carbons (Fsp3) is 0.300. The van der Waals surface area contributed by atoms with Crippen LogP contribution in [0.2, 0.25) is 0 Å². The van der Waals surface area contributed by atoms with E-state index in [4.69, 9.17) is 5.11 Å². The zero-order valence-corrected chi connectivity index (χ0v) is 8.91. The second-order valence-corrected chi connectivity index (χ2v) is 3.76. The maximum atomic E-state index is 13.5. The van der Waals surface area contributed by atoms with E-state index in [1.165, 1.54) is 6.07 Å². The van der Waals surface area contributed by atoms with Gasteiger partial charge in [0.15, 0.2) is 0 Å². The number of carbonyl (C=O) groups is 1. The van der Waals surface area contributed by atoms with Crippen molar-refractivity contribution >= 4 is 17.7 Å². The molecule has 2 nitrogen and oxygen atoms in total. The van der Waals surface area contributed by atoms with Gasteiger partial charge in [0.2, 0.25) is 0 Å². The van der Waals surface area contributed by atoms with Crippen LogP contribution in [0.25, 0.3) is 0 Å². The second-order valence-electron chi connectivity index (χ2n) is 2.95. The Balaban J connectivity index is 2.94. The molecule has 0 radical (unpaired) electrons. The summed E-state index contributed by atoms with van der Waals surface area (Å²) < 4.78 is 26.6. The van der Waals surface area contributed by atoms with Crippen molar-refractivity contribution < 1.29 is 18.7 Å². The van der Waals surface area contributed by atoms with Crippen molar-refractivity contribution in [3.05, 3.63) is 29.3 Å². The first-order valence-electron chi connectivity index (χ1n) is 4.29. The number of halogens is 2. The molecule has 0 bridgehead atoms. The van der Waals surface area contributed by atoms with Crippen molar-refractivity contribution in [3.8, 4) is 0 Å². The van der Waals surface area contributed by atoms with E-state index in [0.29, 0.717) is 0 Å². The molecule has 0 aliphatic carbocycles. The lowest BCUT2D eigenvalue weighted by atomic mass is 10.1. The Morgan fingerprint density at radius 1 is 1.47 bits per heavy atom. The molecule has 1 N–H and O–H groups in total. The lowest BCUT2D eigenvalue weighted by Crippen LogP contribution is -2.01. The summed E-state index contributed by atoms with van der Waals surface area (Å²) in [4.78, 5) is 10.2. The van der Waals surface area contributed by atoms with Crippen LogP contribution < -0.4 is 0 Å². The Morgan fingerprint density at radius 3 is 2.67 bits per heavy atom. The van der Waals surface area contributed by atoms with Crippen LogP contribution in [0.15, 0.2) is 17.0 Å². The van der Waals surface area contributed by atoms with Gasteiger partial charge < -0.3 is 5.11 Å². The summed E-state index contributed by atoms with van der Waals surface area (Å²) in [5.74, 6) is -2.26. The van der Waals surface area contributed by atoms with Crippen LogP contribution in [-0.2, 0) is 11.2 Å². The molecule has 0 saturated carbocycles. The molecule has 0 unspecified atom stereocenters. The topological polar surface area (TPSA) is 37.3 Å². The predicted molar refractivity (Wildman–Crippen MR) is 54.1 cm³/mol. The summed E-state index contributed by atoms with van der Waals surface area (Å²) in [5, 5.41) is 8.45. The third-order valence-corrected chi connectivity index (χ3v) is 2.72. The van der Waals surface area contributed by atoms with E-state index in [-0.39, 0.29) is 23.3 Å². The number of benzene rings is 1. The normalized spacial score (nSPS) is 10.3. The van der Waals surface area contributed by atoms with Crippen LogP contribution in [0.1, 0.15) is 12.0 Å². The molecule has 0 amide bonds. The summed E-state index contributed by atoms with van der Waals surface area (Å²) in [7, 11) is 0. The fourth-order valence-corrected chi connectivity index (χ4v) is 1.77. The predicted octanol–water partition coefficient (Wildman–Crippen LogP) is 2.70. The van der Waals surface area contributed by atoms with Gasteiger partial charge in [-0.3, -0.25) is 4.79 Å². The van der Waals surface area contributed by atoms with Gasteiger partial charge in [-0.1, -0.05) is 6.07 Å². The Hall–Kier alpha value is -1.10. The number of carboxylic acid groups (broad SMARTS) is 1. The number of carboxylic acids is 1. The van der Waals surface area contributed by atoms with Gasteiger partial charge in [0.05, 0.1) is 4.90 Å². The fourth-order valence-electron chi connectivity index (χ4n) is 1.20. The van der Waals surface area contributed by atoms with Gasteiger partial charge in [-0.2, -0.15) is 0 Å². The first kappa shape index (κ1) is 12.0. The molecule has 0 atom stereocenters. The highest BCUT2D eigenvalue weighted by Crippen LogP contribution is 2.25. The molecule has 0 aromatic heterocycles. The molecule has 82 valence electrons. The number of thioether (sulfide) groups is 1. The first-order valence-corrected chi connectivity index (χ1v) is 5.51. The van der Waals surface area contributed by atoms with Gasteiger partial charge in [-0.15, -0.1) is 11.8 Å². The number of aryl methyl sites for hydroxylation is 1. The van der Waals surface area contributed by atoms with Crippen LogP contribution in [0.4, 0.5) is 8.78 Å². The maximum Gasteiger partial charge on any atom is 0.303 e. The summed E-state index contributed by atoms with van der Waals surface area (Å²) in [6.45, 7) is 0. The van der Waals surface area contributed by atoms with E-state index in [1.54, 1.807) is 6.26 Å². The van der Waals surface area contributed by atoms with Crippen LogP contribution >= 0.6 is 11.8 Å². The van der Waals surface area contributed by atoms with Crippen LogP contribution in [-0.4, -0.2) is 17.3 Å². The molecule has 15 heavy (non-hydrogen) atoms. The van der Waals surface area contributed by atoms with Gasteiger partial charge in [0.1, 0.15) is 11.6 Å². The van der Waals surface area contributed by atoms with Gasteiger partial charge in [0.25, 0.3) is 0 Å². The Kier molecular flexibility index (Phi) is 4.08. The molecule has 0 heterocycles. The van der Waals surface area contributed by atoms with Crippen molar-refractivity contribution in [2.75, 3.05) is 6.26 Å². The van der Waals surface area contributed by atoms with E-state index in [1.807, 2.05) is 0 Å². The Morgan fingerprint density at radius 2 is 2.13 bits per heavy atom. The minimum absolute atomic E-state index is 0.0575. The van der Waals surface area contributed by atoms with Gasteiger partial charge in [-0.05, 0) is 24.3 Å². The minimum Gasteiger partial charge on any atom is -0.481 e. The smallest absolute Gasteiger partial charge is 0.303 e. The summed E-state index contributed by atoms with van der Waals surface area (Å²) >= 11 is 0.973. The zero-order chi connectivity index (χ0) is 11.4. The number of hydrogen-bond donors (Lipinski definition) is 1. The first-order chi connectivity index (χ1) is 7.06. The third-order valence-electron chi connectivity index (χ3n) is 1.94. The molecule has 5 heteroatoms. The van der Waals surface area contributed by atoms with Gasteiger partial charge in [0, 0.05) is 6.42 Å². The lowest BCUT2D eigenvalue weighted by molar-refractivity contribution is -0.136. The van der Waals surface area contributed by atoms with Gasteiger partial charge in [-0.25, -0.2) is 8.78 Å². The summed E-state index contributed by atoms with van der Waals surface area (Å²) in [6, 6.07) is 2.44. The quantitative estimate of drug-likeness (QED) is 0.811. The van der Waals surface area contributed by atoms with E-state index < -0.39 is 17.6 Å². The maximum absolute atomic E-state index is 13.5. The van der Waals surface area contributed by atoms with E-state index in [9.17, 15) is 13.6 Å². The van der Waals surface area contributed by atoms with Crippen molar-refractivity contribution in [3.63, 3.8) is 0 Å². The van der Waals surface area contributed by atoms with Gasteiger partial charge >= 0.3 is 5.97 Å². The highest BCUT2D eigenvalue weighted by molar-refractivity contribution is 7.98. The zero-order valence-electron chi connectivity index (χ0n) is 8.09. The Labute approximate surface area is 90.3 Å². The van der Waals surface area contributed by atoms with Crippen LogP contribution in [0.5, 0.6) is 0 Å². The molecule has 0 saturated heterocycles. The minimum atomic E-state index is -0.996. The van der Waals surface area contributed by atoms with E-state index in [2.05, 4.69) is 0 Å². The number of aliphatic carboxylic acids is 1. The second kappa shape index (κ2) is 5.11. The molecule has 0 aliphatic rings. The Bertz CT molecular complexity index is 380. The molecular formula is C10H10F2O2S. The third kappa shape index (κ3) is 2.92.